The van der Waals surface area contributed by atoms with Crippen molar-refractivity contribution in [3.63, 3.8) is 0 Å². The van der Waals surface area contributed by atoms with Crippen LogP contribution in [0, 0.1) is 13.8 Å². The molecule has 5 heteroatoms. The van der Waals surface area contributed by atoms with Crippen LogP contribution in [0.15, 0.2) is 28.8 Å². The molecule has 0 aliphatic rings. The van der Waals surface area contributed by atoms with E-state index in [0.717, 1.165) is 28.3 Å². The van der Waals surface area contributed by atoms with Crippen molar-refractivity contribution >= 4 is 5.91 Å². The Morgan fingerprint density at radius 2 is 2.04 bits per heavy atom. The topological polar surface area (TPSA) is 55.6 Å². The Kier molecular flexibility index (Phi) is 5.42. The molecule has 0 radical (unpaired) electrons. The normalized spacial score (nSPS) is 12.0. The molecule has 0 aliphatic carbocycles. The van der Waals surface area contributed by atoms with Crippen LogP contribution < -0.4 is 4.74 Å². The first-order valence-electron chi connectivity index (χ1n) is 7.76. The number of nitrogens with zero attached hydrogens (tertiary/aromatic N) is 2. The minimum absolute atomic E-state index is 0.0525. The molecule has 0 fully saturated rings. The van der Waals surface area contributed by atoms with E-state index in [2.05, 4.69) is 5.16 Å². The molecule has 2 aromatic rings. The lowest BCUT2D eigenvalue weighted by molar-refractivity contribution is -0.131. The molecule has 2 rings (SSSR count). The number of carbonyl (C=O) groups excluding carboxylic acids is 1. The van der Waals surface area contributed by atoms with Crippen molar-refractivity contribution in [1.29, 1.82) is 0 Å². The average Bonchev–Trinajstić information content (AvgIpc) is 2.89. The number of rotatable bonds is 6. The van der Waals surface area contributed by atoms with Gasteiger partial charge in [-0.15, -0.1) is 0 Å². The first kappa shape index (κ1) is 17.1. The van der Waals surface area contributed by atoms with Gasteiger partial charge in [0, 0.05) is 24.6 Å². The van der Waals surface area contributed by atoms with E-state index in [1.165, 1.54) is 0 Å². The summed E-state index contributed by atoms with van der Waals surface area (Å²) in [5.41, 5.74) is 2.88. The zero-order valence-electron chi connectivity index (χ0n) is 14.4. The molecule has 23 heavy (non-hydrogen) atoms. The van der Waals surface area contributed by atoms with Gasteiger partial charge in [0.2, 0.25) is 5.91 Å². The Morgan fingerprint density at radius 3 is 2.65 bits per heavy atom. The average molecular weight is 316 g/mol. The third-order valence-electron chi connectivity index (χ3n) is 4.33. The van der Waals surface area contributed by atoms with Gasteiger partial charge < -0.3 is 14.2 Å². The van der Waals surface area contributed by atoms with Gasteiger partial charge in [-0.2, -0.15) is 0 Å². The Bertz CT molecular complexity index is 659. The number of methoxy groups -OCH3 is 1. The van der Waals surface area contributed by atoms with E-state index in [1.807, 2.05) is 52.1 Å². The van der Waals surface area contributed by atoms with Gasteiger partial charge in [-0.1, -0.05) is 23.4 Å². The van der Waals surface area contributed by atoms with Crippen LogP contribution in [-0.2, 0) is 11.2 Å². The van der Waals surface area contributed by atoms with Crippen LogP contribution in [-0.4, -0.2) is 30.1 Å². The molecule has 1 heterocycles. The highest BCUT2D eigenvalue weighted by Crippen LogP contribution is 2.28. The number of hydrogen-bond acceptors (Lipinski definition) is 4. The number of amides is 1. The predicted octanol–water partition coefficient (Wildman–Crippen LogP) is 3.45. The van der Waals surface area contributed by atoms with Crippen LogP contribution in [0.2, 0.25) is 0 Å². The maximum absolute atomic E-state index is 12.5. The molecule has 0 N–H and O–H groups in total. The van der Waals surface area contributed by atoms with Crippen molar-refractivity contribution < 1.29 is 14.1 Å². The predicted molar refractivity (Wildman–Crippen MR) is 88.5 cm³/mol. The SMILES string of the molecule is COc1ccccc1[C@@H](C)N(C)C(=O)CCc1c(C)noc1C. The molecule has 0 saturated heterocycles. The fourth-order valence-corrected chi connectivity index (χ4v) is 2.70. The summed E-state index contributed by atoms with van der Waals surface area (Å²) < 4.78 is 10.5. The van der Waals surface area contributed by atoms with Gasteiger partial charge in [0.05, 0.1) is 18.8 Å². The maximum Gasteiger partial charge on any atom is 0.223 e. The summed E-state index contributed by atoms with van der Waals surface area (Å²) in [7, 11) is 3.47. The molecule has 0 aliphatic heterocycles. The molecular formula is C18H24N2O3. The van der Waals surface area contributed by atoms with E-state index in [0.29, 0.717) is 12.8 Å². The molecule has 0 saturated carbocycles. The highest BCUT2D eigenvalue weighted by Gasteiger charge is 2.21. The van der Waals surface area contributed by atoms with E-state index in [1.54, 1.807) is 12.0 Å². The standard InChI is InChI=1S/C18H24N2O3/c1-12-15(14(3)23-19-12)10-11-18(21)20(4)13(2)16-8-6-7-9-17(16)22-5/h6-9,13H,10-11H2,1-5H3/t13-/m1/s1. The third kappa shape index (κ3) is 3.73. The van der Waals surface area contributed by atoms with Crippen LogP contribution in [0.5, 0.6) is 5.75 Å². The minimum Gasteiger partial charge on any atom is -0.496 e. The molecule has 5 nitrogen and oxygen atoms in total. The van der Waals surface area contributed by atoms with Crippen LogP contribution in [0.4, 0.5) is 0 Å². The van der Waals surface area contributed by atoms with Crippen molar-refractivity contribution in [2.45, 2.75) is 39.7 Å². The zero-order valence-corrected chi connectivity index (χ0v) is 14.4. The first-order chi connectivity index (χ1) is 11.0. The summed E-state index contributed by atoms with van der Waals surface area (Å²) in [4.78, 5) is 14.3. The van der Waals surface area contributed by atoms with Gasteiger partial charge in [-0.3, -0.25) is 4.79 Å². The molecule has 0 spiro atoms. The van der Waals surface area contributed by atoms with Crippen molar-refractivity contribution in [2.75, 3.05) is 14.2 Å². The summed E-state index contributed by atoms with van der Waals surface area (Å²) in [5.74, 6) is 1.67. The number of ether oxygens (including phenoxy) is 1. The van der Waals surface area contributed by atoms with Crippen LogP contribution >= 0.6 is 0 Å². The van der Waals surface area contributed by atoms with Crippen molar-refractivity contribution in [2.24, 2.45) is 0 Å². The Morgan fingerprint density at radius 1 is 1.35 bits per heavy atom. The second-order valence-electron chi connectivity index (χ2n) is 5.73. The molecule has 1 aromatic heterocycles. The monoisotopic (exact) mass is 316 g/mol. The van der Waals surface area contributed by atoms with E-state index in [4.69, 9.17) is 9.26 Å². The molecule has 1 atom stereocenters. The smallest absolute Gasteiger partial charge is 0.223 e. The fraction of sp³-hybridized carbons (Fsp3) is 0.444. The molecular weight excluding hydrogens is 292 g/mol. The molecule has 1 aromatic carbocycles. The lowest BCUT2D eigenvalue weighted by Crippen LogP contribution is -2.30. The summed E-state index contributed by atoms with van der Waals surface area (Å²) in [6.45, 7) is 5.78. The highest BCUT2D eigenvalue weighted by molar-refractivity contribution is 5.76. The lowest BCUT2D eigenvalue weighted by Gasteiger charge is -2.26. The van der Waals surface area contributed by atoms with Gasteiger partial charge in [0.15, 0.2) is 0 Å². The van der Waals surface area contributed by atoms with Gasteiger partial charge in [0.1, 0.15) is 11.5 Å². The van der Waals surface area contributed by atoms with Gasteiger partial charge in [-0.25, -0.2) is 0 Å². The van der Waals surface area contributed by atoms with Crippen LogP contribution in [0.25, 0.3) is 0 Å². The van der Waals surface area contributed by atoms with E-state index in [9.17, 15) is 4.79 Å². The van der Waals surface area contributed by atoms with E-state index in [-0.39, 0.29) is 11.9 Å². The first-order valence-corrected chi connectivity index (χ1v) is 7.76. The van der Waals surface area contributed by atoms with Crippen LogP contribution in [0.3, 0.4) is 0 Å². The second-order valence-corrected chi connectivity index (χ2v) is 5.73. The van der Waals surface area contributed by atoms with Crippen LogP contribution in [0.1, 0.15) is 42.0 Å². The quantitative estimate of drug-likeness (QED) is 0.819. The largest absolute Gasteiger partial charge is 0.496 e. The van der Waals surface area contributed by atoms with E-state index < -0.39 is 0 Å². The highest BCUT2D eigenvalue weighted by atomic mass is 16.5. The maximum atomic E-state index is 12.5. The minimum atomic E-state index is -0.0525. The number of aromatic nitrogens is 1. The van der Waals surface area contributed by atoms with Gasteiger partial charge in [0.25, 0.3) is 0 Å². The van der Waals surface area contributed by atoms with Gasteiger partial charge in [-0.05, 0) is 33.3 Å². The number of para-hydroxylation sites is 1. The molecule has 1 amide bonds. The molecule has 0 bridgehead atoms. The van der Waals surface area contributed by atoms with E-state index >= 15 is 0 Å². The molecule has 124 valence electrons. The summed E-state index contributed by atoms with van der Waals surface area (Å²) in [5, 5.41) is 3.93. The number of aryl methyl sites for hydroxylation is 2. The van der Waals surface area contributed by atoms with Crippen molar-refractivity contribution in [3.8, 4) is 5.75 Å². The van der Waals surface area contributed by atoms with Crippen molar-refractivity contribution in [3.05, 3.63) is 46.8 Å². The number of carbonyl (C=O) groups is 1. The third-order valence-corrected chi connectivity index (χ3v) is 4.33. The number of benzene rings is 1. The summed E-state index contributed by atoms with van der Waals surface area (Å²) >= 11 is 0. The van der Waals surface area contributed by atoms with Gasteiger partial charge >= 0.3 is 0 Å². The second kappa shape index (κ2) is 7.31. The number of hydrogen-bond donors (Lipinski definition) is 0. The lowest BCUT2D eigenvalue weighted by atomic mass is 10.0. The molecule has 0 unspecified atom stereocenters. The Balaban J connectivity index is 2.04. The Labute approximate surface area is 137 Å². The summed E-state index contributed by atoms with van der Waals surface area (Å²) in [6.07, 6.45) is 1.07. The Hall–Kier alpha value is -2.30. The fourth-order valence-electron chi connectivity index (χ4n) is 2.70. The zero-order chi connectivity index (χ0) is 17.0. The van der Waals surface area contributed by atoms with Crippen molar-refractivity contribution in [1.82, 2.24) is 10.1 Å². The summed E-state index contributed by atoms with van der Waals surface area (Å²) in [6, 6.07) is 7.73.